The Bertz CT molecular complexity index is 887. The average Bonchev–Trinajstić information content (AvgIpc) is 3.28. The first-order chi connectivity index (χ1) is 12.1. The Morgan fingerprint density at radius 1 is 1.36 bits per heavy atom. The fraction of sp³-hybridized carbons (Fsp3) is 0.188. The summed E-state index contributed by atoms with van der Waals surface area (Å²) < 4.78 is 15.3. The number of rotatable bonds is 6. The summed E-state index contributed by atoms with van der Waals surface area (Å²) in [5.74, 6) is -0.636. The van der Waals surface area contributed by atoms with E-state index in [-0.39, 0.29) is 11.6 Å². The molecule has 0 radical (unpaired) electrons. The normalized spacial score (nSPS) is 11.9. The number of hydrogen-bond acceptors (Lipinski definition) is 7. The lowest BCUT2D eigenvalue weighted by Crippen LogP contribution is -2.46. The second kappa shape index (κ2) is 7.05. The molecule has 1 atom stereocenters. The molecule has 0 bridgehead atoms. The molecule has 2 aromatic heterocycles. The number of aliphatic hydroxyl groups excluding tert-OH is 1. The first kappa shape index (κ1) is 16.5. The van der Waals surface area contributed by atoms with E-state index in [1.165, 1.54) is 25.5 Å². The van der Waals surface area contributed by atoms with Crippen molar-refractivity contribution in [1.82, 2.24) is 10.5 Å². The number of hydrogen-bond donors (Lipinski definition) is 3. The van der Waals surface area contributed by atoms with Crippen LogP contribution in [-0.4, -0.2) is 41.8 Å². The summed E-state index contributed by atoms with van der Waals surface area (Å²) in [6, 6.07) is 7.00. The molecule has 0 spiro atoms. The van der Waals surface area contributed by atoms with Gasteiger partial charge in [0.1, 0.15) is 12.3 Å². The van der Waals surface area contributed by atoms with Gasteiger partial charge in [0.15, 0.2) is 22.9 Å². The second-order valence-corrected chi connectivity index (χ2v) is 5.07. The van der Waals surface area contributed by atoms with E-state index in [0.717, 1.165) is 0 Å². The van der Waals surface area contributed by atoms with Crippen LogP contribution >= 0.6 is 0 Å². The maximum atomic E-state index is 12.3. The number of carbonyl (C=O) groups is 2. The van der Waals surface area contributed by atoms with Crippen LogP contribution in [0.4, 0.5) is 5.82 Å². The van der Waals surface area contributed by atoms with E-state index < -0.39 is 24.5 Å². The molecule has 3 rings (SSSR count). The van der Waals surface area contributed by atoms with Gasteiger partial charge in [-0.3, -0.25) is 9.59 Å². The first-order valence-electron chi connectivity index (χ1n) is 7.32. The summed E-state index contributed by atoms with van der Waals surface area (Å²) in [6.07, 6.45) is 1.28. The van der Waals surface area contributed by atoms with Crippen molar-refractivity contribution in [2.45, 2.75) is 6.04 Å². The largest absolute Gasteiger partial charge is 0.493 e. The summed E-state index contributed by atoms with van der Waals surface area (Å²) in [5, 5.41) is 18.4. The lowest BCUT2D eigenvalue weighted by atomic mass is 10.2. The predicted octanol–water partition coefficient (Wildman–Crippen LogP) is 1.16. The number of nitrogens with one attached hydrogen (secondary N) is 2. The fourth-order valence-electron chi connectivity index (χ4n) is 2.22. The highest BCUT2D eigenvalue weighted by Crippen LogP contribution is 2.28. The number of anilines is 1. The number of furan rings is 1. The van der Waals surface area contributed by atoms with Gasteiger partial charge in [0.25, 0.3) is 11.8 Å². The molecule has 9 heteroatoms. The first-order valence-corrected chi connectivity index (χ1v) is 7.32. The Balaban J connectivity index is 1.74. The third-order valence-corrected chi connectivity index (χ3v) is 3.45. The summed E-state index contributed by atoms with van der Waals surface area (Å²) >= 11 is 0. The van der Waals surface area contributed by atoms with Crippen LogP contribution in [0.5, 0.6) is 5.75 Å². The van der Waals surface area contributed by atoms with Gasteiger partial charge in [0, 0.05) is 11.5 Å². The van der Waals surface area contributed by atoms with E-state index >= 15 is 0 Å². The summed E-state index contributed by atoms with van der Waals surface area (Å²) in [4.78, 5) is 24.4. The highest BCUT2D eigenvalue weighted by molar-refractivity contribution is 6.01. The molecule has 0 fully saturated rings. The van der Waals surface area contributed by atoms with Crippen LogP contribution in [-0.2, 0) is 4.79 Å². The molecule has 130 valence electrons. The van der Waals surface area contributed by atoms with Gasteiger partial charge in [-0.1, -0.05) is 17.3 Å². The van der Waals surface area contributed by atoms with Gasteiger partial charge >= 0.3 is 0 Å². The van der Waals surface area contributed by atoms with Crippen LogP contribution < -0.4 is 15.4 Å². The Hall–Kier alpha value is -3.33. The number of amides is 2. The van der Waals surface area contributed by atoms with E-state index in [4.69, 9.17) is 9.15 Å². The van der Waals surface area contributed by atoms with Gasteiger partial charge in [-0.25, -0.2) is 0 Å². The topological polar surface area (TPSA) is 127 Å². The number of nitrogens with zero attached hydrogens (tertiary/aromatic N) is 1. The number of benzene rings is 1. The number of methoxy groups -OCH3 is 1. The zero-order valence-corrected chi connectivity index (χ0v) is 13.2. The number of carbonyl (C=O) groups excluding carboxylic acids is 2. The SMILES string of the molecule is COc1cccc2cc(C(=O)N[C@@H](CO)C(=O)Nc3ccon3)oc12. The van der Waals surface area contributed by atoms with Gasteiger partial charge in [0.05, 0.1) is 13.7 Å². The Labute approximate surface area is 141 Å². The van der Waals surface area contributed by atoms with Gasteiger partial charge in [-0.2, -0.15) is 0 Å². The number of fused-ring (bicyclic) bond motifs is 1. The molecule has 2 heterocycles. The zero-order chi connectivity index (χ0) is 17.8. The Morgan fingerprint density at radius 3 is 2.88 bits per heavy atom. The van der Waals surface area contributed by atoms with Crippen LogP contribution in [0.15, 0.2) is 45.5 Å². The van der Waals surface area contributed by atoms with Crippen LogP contribution in [0, 0.1) is 0 Å². The molecule has 2 amide bonds. The van der Waals surface area contributed by atoms with E-state index in [1.54, 1.807) is 18.2 Å². The molecule has 25 heavy (non-hydrogen) atoms. The van der Waals surface area contributed by atoms with Crippen molar-refractivity contribution >= 4 is 28.6 Å². The molecule has 0 aliphatic carbocycles. The maximum Gasteiger partial charge on any atom is 0.287 e. The van der Waals surface area contributed by atoms with E-state index in [9.17, 15) is 14.7 Å². The number of ether oxygens (including phenoxy) is 1. The van der Waals surface area contributed by atoms with Crippen molar-refractivity contribution in [2.75, 3.05) is 19.0 Å². The molecule has 0 aliphatic heterocycles. The van der Waals surface area contributed by atoms with Crippen molar-refractivity contribution in [3.8, 4) is 5.75 Å². The quantitative estimate of drug-likeness (QED) is 0.612. The molecule has 3 N–H and O–H groups in total. The molecular formula is C16H15N3O6. The van der Waals surface area contributed by atoms with Crippen molar-refractivity contribution in [1.29, 1.82) is 0 Å². The summed E-state index contributed by atoms with van der Waals surface area (Å²) in [7, 11) is 1.49. The number of aliphatic hydroxyl groups is 1. The van der Waals surface area contributed by atoms with Crippen LogP contribution in [0.3, 0.4) is 0 Å². The minimum Gasteiger partial charge on any atom is -0.493 e. The molecular weight excluding hydrogens is 330 g/mol. The molecule has 0 saturated heterocycles. The highest BCUT2D eigenvalue weighted by Gasteiger charge is 2.23. The highest BCUT2D eigenvalue weighted by atomic mass is 16.5. The third-order valence-electron chi connectivity index (χ3n) is 3.45. The van der Waals surface area contributed by atoms with Crippen molar-refractivity contribution in [3.05, 3.63) is 42.4 Å². The Morgan fingerprint density at radius 2 is 2.20 bits per heavy atom. The standard InChI is InChI=1S/C16H15N3O6/c1-23-11-4-2-3-9-7-12(25-14(9)11)16(22)17-10(8-20)15(21)18-13-5-6-24-19-13/h2-7,10,20H,8H2,1H3,(H,17,22)(H,18,19,21)/t10-/m0/s1. The maximum absolute atomic E-state index is 12.3. The molecule has 1 aromatic carbocycles. The lowest BCUT2D eigenvalue weighted by molar-refractivity contribution is -0.118. The predicted molar refractivity (Wildman–Crippen MR) is 86.2 cm³/mol. The summed E-state index contributed by atoms with van der Waals surface area (Å²) in [5.41, 5.74) is 0.419. The molecule has 3 aromatic rings. The fourth-order valence-corrected chi connectivity index (χ4v) is 2.22. The lowest BCUT2D eigenvalue weighted by Gasteiger charge is -2.14. The van der Waals surface area contributed by atoms with E-state index in [2.05, 4.69) is 20.3 Å². The van der Waals surface area contributed by atoms with E-state index in [1.807, 2.05) is 0 Å². The molecule has 0 unspecified atom stereocenters. The molecule has 0 aliphatic rings. The molecule has 9 nitrogen and oxygen atoms in total. The van der Waals surface area contributed by atoms with Crippen molar-refractivity contribution < 1.29 is 28.4 Å². The zero-order valence-electron chi connectivity index (χ0n) is 13.2. The second-order valence-electron chi connectivity index (χ2n) is 5.07. The third kappa shape index (κ3) is 3.45. The average molecular weight is 345 g/mol. The monoisotopic (exact) mass is 345 g/mol. The minimum atomic E-state index is -1.18. The summed E-state index contributed by atoms with van der Waals surface area (Å²) in [6.45, 7) is -0.598. The van der Waals surface area contributed by atoms with Gasteiger partial charge in [0.2, 0.25) is 0 Å². The van der Waals surface area contributed by atoms with Crippen LogP contribution in [0.25, 0.3) is 11.0 Å². The minimum absolute atomic E-state index is 0.00724. The van der Waals surface area contributed by atoms with Crippen molar-refractivity contribution in [2.24, 2.45) is 0 Å². The van der Waals surface area contributed by atoms with Gasteiger partial charge in [-0.05, 0) is 12.1 Å². The van der Waals surface area contributed by atoms with Crippen LogP contribution in [0.1, 0.15) is 10.6 Å². The Kier molecular flexibility index (Phi) is 4.66. The van der Waals surface area contributed by atoms with Gasteiger partial charge < -0.3 is 29.4 Å². The smallest absolute Gasteiger partial charge is 0.287 e. The van der Waals surface area contributed by atoms with Gasteiger partial charge in [-0.15, -0.1) is 0 Å². The molecule has 0 saturated carbocycles. The van der Waals surface area contributed by atoms with E-state index in [0.29, 0.717) is 16.7 Å². The number of para-hydroxylation sites is 1. The van der Waals surface area contributed by atoms with Crippen molar-refractivity contribution in [3.63, 3.8) is 0 Å². The van der Waals surface area contributed by atoms with Crippen LogP contribution in [0.2, 0.25) is 0 Å². The number of aromatic nitrogens is 1.